The van der Waals surface area contributed by atoms with E-state index in [1.54, 1.807) is 20.8 Å². The summed E-state index contributed by atoms with van der Waals surface area (Å²) in [6.07, 6.45) is -3.50. The summed E-state index contributed by atoms with van der Waals surface area (Å²) in [4.78, 5) is 52.6. The third-order valence-corrected chi connectivity index (χ3v) is 7.35. The van der Waals surface area contributed by atoms with Crippen LogP contribution in [0.2, 0.25) is 0 Å². The van der Waals surface area contributed by atoms with Gasteiger partial charge in [-0.05, 0) is 71.2 Å². The van der Waals surface area contributed by atoms with E-state index in [-0.39, 0.29) is 38.0 Å². The summed E-state index contributed by atoms with van der Waals surface area (Å²) in [6.45, 7) is 7.99. The normalized spacial score (nSPS) is 12.4. The first-order valence-electron chi connectivity index (χ1n) is 14.5. The number of aromatic nitrogens is 3. The average molecular weight is 682 g/mol. The van der Waals surface area contributed by atoms with E-state index in [0.717, 1.165) is 29.7 Å². The number of alkyl halides is 3. The predicted molar refractivity (Wildman–Crippen MR) is 162 cm³/mol. The number of nitro benzene ring substituents is 1. The molecule has 1 atom stereocenters. The van der Waals surface area contributed by atoms with Crippen molar-refractivity contribution in [2.45, 2.75) is 77.6 Å². The maximum absolute atomic E-state index is 13.0. The molecule has 1 unspecified atom stereocenters. The number of pyridine rings is 1. The van der Waals surface area contributed by atoms with Gasteiger partial charge in [-0.1, -0.05) is 17.4 Å². The van der Waals surface area contributed by atoms with Crippen molar-refractivity contribution in [3.8, 4) is 10.6 Å². The molecule has 3 rings (SSSR count). The highest BCUT2D eigenvalue weighted by Gasteiger charge is 2.37. The standard InChI is InChI=1S/C30H34F3N5O8S/c1-6-44-26(39)24(27(40)45-7-2)20-15-18(9-11-21(20)38(42)43)25-37-36-23(47-25)13-10-19(35-28(41)46-29(3,4)5)14-17-8-12-22(34-16-17)30(31,32)33/h8-9,11-12,15-16,19,24H,6-7,10,13-14H2,1-5H3,(H,35,41). The van der Waals surface area contributed by atoms with E-state index in [1.165, 1.54) is 32.0 Å². The van der Waals surface area contributed by atoms with Gasteiger partial charge in [0.15, 0.2) is 5.92 Å². The highest BCUT2D eigenvalue weighted by Crippen LogP contribution is 2.35. The van der Waals surface area contributed by atoms with Gasteiger partial charge in [0.2, 0.25) is 0 Å². The molecular formula is C30H34F3N5O8S. The SMILES string of the molecule is CCOC(=O)C(C(=O)OCC)c1cc(-c2nnc(CCC(Cc3ccc(C(F)(F)F)nc3)NC(=O)OC(C)(C)C)s2)ccc1[N+](=O)[O-]. The number of esters is 2. The molecule has 2 heterocycles. The number of hydrogen-bond acceptors (Lipinski definition) is 12. The number of nitrogens with zero attached hydrogens (tertiary/aromatic N) is 4. The van der Waals surface area contributed by atoms with Gasteiger partial charge in [0.05, 0.1) is 23.7 Å². The van der Waals surface area contributed by atoms with Gasteiger partial charge in [-0.25, -0.2) is 4.79 Å². The Hall–Kier alpha value is -4.67. The maximum atomic E-state index is 13.0. The summed E-state index contributed by atoms with van der Waals surface area (Å²) in [6, 6.07) is 5.42. The molecule has 0 saturated heterocycles. The first-order chi connectivity index (χ1) is 22.0. The van der Waals surface area contributed by atoms with Gasteiger partial charge < -0.3 is 19.5 Å². The van der Waals surface area contributed by atoms with Crippen molar-refractivity contribution in [2.75, 3.05) is 13.2 Å². The van der Waals surface area contributed by atoms with Gasteiger partial charge in [0, 0.05) is 30.3 Å². The Kier molecular flexibility index (Phi) is 12.3. The number of benzene rings is 1. The molecule has 0 fully saturated rings. The Morgan fingerprint density at radius 3 is 2.21 bits per heavy atom. The molecule has 3 aromatic rings. The largest absolute Gasteiger partial charge is 0.465 e. The number of halogens is 3. The second-order valence-corrected chi connectivity index (χ2v) is 12.2. The van der Waals surface area contributed by atoms with Crippen molar-refractivity contribution in [1.82, 2.24) is 20.5 Å². The van der Waals surface area contributed by atoms with E-state index in [1.807, 2.05) is 0 Å². The van der Waals surface area contributed by atoms with Crippen molar-refractivity contribution in [3.63, 3.8) is 0 Å². The van der Waals surface area contributed by atoms with Crippen LogP contribution in [0.1, 0.15) is 68.8 Å². The molecule has 0 radical (unpaired) electrons. The average Bonchev–Trinajstić information content (AvgIpc) is 3.44. The van der Waals surface area contributed by atoms with Crippen LogP contribution in [0.15, 0.2) is 36.5 Å². The van der Waals surface area contributed by atoms with Crippen LogP contribution in [0, 0.1) is 10.1 Å². The highest BCUT2D eigenvalue weighted by atomic mass is 32.1. The lowest BCUT2D eigenvalue weighted by Gasteiger charge is -2.23. The molecule has 47 heavy (non-hydrogen) atoms. The van der Waals surface area contributed by atoms with E-state index in [4.69, 9.17) is 14.2 Å². The lowest BCUT2D eigenvalue weighted by molar-refractivity contribution is -0.385. The van der Waals surface area contributed by atoms with Gasteiger partial charge in [0.25, 0.3) is 5.69 Å². The van der Waals surface area contributed by atoms with Crippen LogP contribution in [-0.2, 0) is 42.8 Å². The van der Waals surface area contributed by atoms with Crippen molar-refractivity contribution >= 4 is 35.1 Å². The summed E-state index contributed by atoms with van der Waals surface area (Å²) in [5.41, 5.74) is -1.75. The van der Waals surface area contributed by atoms with E-state index in [0.29, 0.717) is 21.1 Å². The third kappa shape index (κ3) is 10.7. The molecule has 17 heteroatoms. The minimum Gasteiger partial charge on any atom is -0.465 e. The highest BCUT2D eigenvalue weighted by molar-refractivity contribution is 7.14. The summed E-state index contributed by atoms with van der Waals surface area (Å²) < 4.78 is 54.3. The number of alkyl carbamates (subject to hydrolysis) is 1. The number of rotatable bonds is 13. The van der Waals surface area contributed by atoms with Crippen LogP contribution in [-0.4, -0.2) is 63.0 Å². The van der Waals surface area contributed by atoms with Gasteiger partial charge in [-0.3, -0.25) is 24.7 Å². The van der Waals surface area contributed by atoms with Gasteiger partial charge in [-0.2, -0.15) is 13.2 Å². The summed E-state index contributed by atoms with van der Waals surface area (Å²) in [5, 5.41) is 23.7. The Morgan fingerprint density at radius 1 is 1.02 bits per heavy atom. The summed E-state index contributed by atoms with van der Waals surface area (Å²) >= 11 is 1.13. The van der Waals surface area contributed by atoms with Gasteiger partial charge in [0.1, 0.15) is 21.3 Å². The van der Waals surface area contributed by atoms with E-state index < -0.39 is 58.1 Å². The maximum Gasteiger partial charge on any atom is 0.433 e. The fourth-order valence-corrected chi connectivity index (χ4v) is 5.20. The predicted octanol–water partition coefficient (Wildman–Crippen LogP) is 5.81. The monoisotopic (exact) mass is 681 g/mol. The molecule has 1 amide bonds. The molecule has 1 aromatic carbocycles. The zero-order valence-corrected chi connectivity index (χ0v) is 27.1. The lowest BCUT2D eigenvalue weighted by Crippen LogP contribution is -2.40. The molecule has 13 nitrogen and oxygen atoms in total. The molecule has 0 bridgehead atoms. The van der Waals surface area contributed by atoms with Crippen LogP contribution in [0.25, 0.3) is 10.6 Å². The number of carbonyl (C=O) groups excluding carboxylic acids is 3. The van der Waals surface area contributed by atoms with E-state index >= 15 is 0 Å². The number of nitro groups is 1. The molecule has 1 N–H and O–H groups in total. The van der Waals surface area contributed by atoms with Crippen molar-refractivity contribution in [1.29, 1.82) is 0 Å². The summed E-state index contributed by atoms with van der Waals surface area (Å²) in [5.74, 6) is -3.71. The molecule has 0 spiro atoms. The van der Waals surface area contributed by atoms with Crippen LogP contribution in [0.5, 0.6) is 0 Å². The smallest absolute Gasteiger partial charge is 0.433 e. The van der Waals surface area contributed by atoms with Crippen LogP contribution in [0.4, 0.5) is 23.7 Å². The van der Waals surface area contributed by atoms with Crippen LogP contribution in [0.3, 0.4) is 0 Å². The number of nitrogens with one attached hydrogen (secondary N) is 1. The first-order valence-corrected chi connectivity index (χ1v) is 15.3. The van der Waals surface area contributed by atoms with Crippen molar-refractivity contribution in [2.24, 2.45) is 0 Å². The summed E-state index contributed by atoms with van der Waals surface area (Å²) in [7, 11) is 0. The quantitative estimate of drug-likeness (QED) is 0.0759. The fraction of sp³-hybridized carbons (Fsp3) is 0.467. The van der Waals surface area contributed by atoms with Gasteiger partial charge in [-0.15, -0.1) is 10.2 Å². The van der Waals surface area contributed by atoms with Crippen molar-refractivity contribution in [3.05, 3.63) is 68.5 Å². The fourth-order valence-electron chi connectivity index (χ4n) is 4.35. The molecule has 0 saturated carbocycles. The Bertz CT molecular complexity index is 1560. The first kappa shape index (κ1) is 36.8. The van der Waals surface area contributed by atoms with Crippen molar-refractivity contribution < 1.29 is 46.7 Å². The number of amides is 1. The van der Waals surface area contributed by atoms with E-state index in [2.05, 4.69) is 20.5 Å². The van der Waals surface area contributed by atoms with Crippen LogP contribution >= 0.6 is 11.3 Å². The molecule has 0 aliphatic heterocycles. The second kappa shape index (κ2) is 15.8. The molecule has 0 aliphatic rings. The Labute approximate surface area is 272 Å². The number of aryl methyl sites for hydroxylation is 1. The lowest BCUT2D eigenvalue weighted by atomic mass is 9.95. The van der Waals surface area contributed by atoms with E-state index in [9.17, 15) is 37.7 Å². The van der Waals surface area contributed by atoms with Crippen LogP contribution < -0.4 is 5.32 Å². The zero-order valence-electron chi connectivity index (χ0n) is 26.3. The number of ether oxygens (including phenoxy) is 3. The third-order valence-electron chi connectivity index (χ3n) is 6.32. The molecular weight excluding hydrogens is 647 g/mol. The molecule has 0 aliphatic carbocycles. The molecule has 2 aromatic heterocycles. The number of carbonyl (C=O) groups is 3. The Balaban J connectivity index is 1.86. The zero-order chi connectivity index (χ0) is 34.9. The Morgan fingerprint density at radius 2 is 1.68 bits per heavy atom. The molecule has 254 valence electrons. The second-order valence-electron chi connectivity index (χ2n) is 11.1. The minimum atomic E-state index is -4.59. The number of hydrogen-bond donors (Lipinski definition) is 1. The minimum absolute atomic E-state index is 0.0683. The van der Waals surface area contributed by atoms with Gasteiger partial charge >= 0.3 is 24.2 Å². The topological polar surface area (TPSA) is 173 Å².